The van der Waals surface area contributed by atoms with E-state index in [1.54, 1.807) is 0 Å². The Kier molecular flexibility index (Phi) is 13.0. The fraction of sp³-hybridized carbons (Fsp3) is 0.875. The molecule has 19 heavy (non-hydrogen) atoms. The summed E-state index contributed by atoms with van der Waals surface area (Å²) in [4.78, 5) is 22.9. The highest BCUT2D eigenvalue weighted by atomic mass is 16.2. The van der Waals surface area contributed by atoms with Crippen LogP contribution in [0.25, 0.3) is 0 Å². The first kappa shape index (κ1) is 18.1. The number of hydrogen-bond acceptors (Lipinski definition) is 2. The predicted molar refractivity (Wildman–Crippen MR) is 78.9 cm³/mol. The minimum Gasteiger partial charge on any atom is -0.273 e. The Morgan fingerprint density at radius 2 is 1.00 bits per heavy atom. The maximum atomic E-state index is 11.4. The Balaban J connectivity index is 3.40. The lowest BCUT2D eigenvalue weighted by molar-refractivity contribution is -0.131. The van der Waals surface area contributed by atoms with Crippen molar-refractivity contribution in [3.63, 3.8) is 0 Å². The van der Waals surface area contributed by atoms with E-state index in [2.05, 4.69) is 19.2 Å². The molecule has 0 heterocycles. The standard InChI is InChI=1S/C16H30NO2/c1-3-5-7-9-11-13-15(18)17-16(19)14-12-10-8-6-4-2/h3-14H2,1-2H3. The van der Waals surface area contributed by atoms with Gasteiger partial charge in [0.15, 0.2) is 0 Å². The van der Waals surface area contributed by atoms with Gasteiger partial charge in [-0.25, -0.2) is 0 Å². The lowest BCUT2D eigenvalue weighted by Crippen LogP contribution is -2.22. The van der Waals surface area contributed by atoms with Crippen molar-refractivity contribution in [1.29, 1.82) is 0 Å². The van der Waals surface area contributed by atoms with E-state index in [4.69, 9.17) is 0 Å². The fourth-order valence-electron chi connectivity index (χ4n) is 2.01. The van der Waals surface area contributed by atoms with Crippen LogP contribution >= 0.6 is 0 Å². The van der Waals surface area contributed by atoms with Crippen molar-refractivity contribution < 1.29 is 9.59 Å². The summed E-state index contributed by atoms with van der Waals surface area (Å²) in [6.07, 6.45) is 12.0. The second-order valence-electron chi connectivity index (χ2n) is 5.23. The molecule has 0 rings (SSSR count). The van der Waals surface area contributed by atoms with Crippen LogP contribution in [0.4, 0.5) is 0 Å². The van der Waals surface area contributed by atoms with E-state index in [1.165, 1.54) is 38.5 Å². The Bertz CT molecular complexity index is 215. The Labute approximate surface area is 118 Å². The Morgan fingerprint density at radius 3 is 1.37 bits per heavy atom. The first-order valence-corrected chi connectivity index (χ1v) is 7.98. The number of hydrogen-bond donors (Lipinski definition) is 0. The number of nitrogens with zero attached hydrogens (tertiary/aromatic N) is 1. The van der Waals surface area contributed by atoms with E-state index in [0.717, 1.165) is 25.7 Å². The number of amides is 2. The van der Waals surface area contributed by atoms with Gasteiger partial charge in [-0.15, -0.1) is 0 Å². The molecule has 0 aliphatic carbocycles. The number of rotatable bonds is 12. The van der Waals surface area contributed by atoms with Crippen LogP contribution in [0.1, 0.15) is 90.9 Å². The summed E-state index contributed by atoms with van der Waals surface area (Å²) in [5.41, 5.74) is 0. The normalized spacial score (nSPS) is 10.4. The predicted octanol–water partition coefficient (Wildman–Crippen LogP) is 4.37. The highest BCUT2D eigenvalue weighted by Gasteiger charge is 2.09. The smallest absolute Gasteiger partial charge is 0.248 e. The van der Waals surface area contributed by atoms with Crippen LogP contribution in [0.2, 0.25) is 0 Å². The van der Waals surface area contributed by atoms with Crippen LogP contribution < -0.4 is 5.32 Å². The second kappa shape index (κ2) is 13.6. The van der Waals surface area contributed by atoms with Gasteiger partial charge >= 0.3 is 0 Å². The van der Waals surface area contributed by atoms with Gasteiger partial charge in [-0.05, 0) is 12.8 Å². The maximum Gasteiger partial charge on any atom is 0.248 e. The van der Waals surface area contributed by atoms with Crippen molar-refractivity contribution in [2.75, 3.05) is 0 Å². The first-order chi connectivity index (χ1) is 9.20. The molecule has 0 bridgehead atoms. The molecular formula is C16H30NO2. The monoisotopic (exact) mass is 268 g/mol. The lowest BCUT2D eigenvalue weighted by Gasteiger charge is -2.02. The van der Waals surface area contributed by atoms with Crippen LogP contribution in [0.5, 0.6) is 0 Å². The molecule has 0 fully saturated rings. The summed E-state index contributed by atoms with van der Waals surface area (Å²) in [7, 11) is 0. The van der Waals surface area contributed by atoms with E-state index in [0.29, 0.717) is 12.8 Å². The molecule has 0 saturated carbocycles. The maximum absolute atomic E-state index is 11.4. The van der Waals surface area contributed by atoms with Crippen molar-refractivity contribution in [2.45, 2.75) is 90.9 Å². The highest BCUT2D eigenvalue weighted by molar-refractivity contribution is 5.94. The van der Waals surface area contributed by atoms with Gasteiger partial charge in [-0.2, -0.15) is 5.32 Å². The van der Waals surface area contributed by atoms with Crippen LogP contribution in [0.3, 0.4) is 0 Å². The van der Waals surface area contributed by atoms with Crippen LogP contribution in [0.15, 0.2) is 0 Å². The zero-order chi connectivity index (χ0) is 14.3. The average molecular weight is 268 g/mol. The summed E-state index contributed by atoms with van der Waals surface area (Å²) in [5.74, 6) is -0.454. The van der Waals surface area contributed by atoms with Gasteiger partial charge in [0.25, 0.3) is 0 Å². The van der Waals surface area contributed by atoms with E-state index < -0.39 is 0 Å². The van der Waals surface area contributed by atoms with Crippen molar-refractivity contribution in [1.82, 2.24) is 5.32 Å². The zero-order valence-corrected chi connectivity index (χ0v) is 12.7. The second-order valence-corrected chi connectivity index (χ2v) is 5.23. The Morgan fingerprint density at radius 1 is 0.632 bits per heavy atom. The third kappa shape index (κ3) is 13.4. The molecule has 3 heteroatoms. The molecular weight excluding hydrogens is 238 g/mol. The molecule has 0 aromatic carbocycles. The lowest BCUT2D eigenvalue weighted by atomic mass is 10.1. The van der Waals surface area contributed by atoms with Gasteiger partial charge < -0.3 is 0 Å². The zero-order valence-electron chi connectivity index (χ0n) is 12.7. The van der Waals surface area contributed by atoms with Crippen molar-refractivity contribution in [3.8, 4) is 0 Å². The minimum absolute atomic E-state index is 0.227. The fourth-order valence-corrected chi connectivity index (χ4v) is 2.01. The molecule has 0 N–H and O–H groups in total. The van der Waals surface area contributed by atoms with E-state index >= 15 is 0 Å². The number of carbonyl (C=O) groups excluding carboxylic acids is 2. The molecule has 0 aliphatic heterocycles. The number of carbonyl (C=O) groups is 2. The molecule has 0 unspecified atom stereocenters. The molecule has 2 amide bonds. The molecule has 0 spiro atoms. The van der Waals surface area contributed by atoms with Gasteiger partial charge in [0, 0.05) is 12.8 Å². The molecule has 0 aromatic heterocycles. The number of imide groups is 1. The van der Waals surface area contributed by atoms with E-state index in [9.17, 15) is 9.59 Å². The molecule has 0 aliphatic rings. The molecule has 0 aromatic rings. The summed E-state index contributed by atoms with van der Waals surface area (Å²) in [6.45, 7) is 4.33. The quantitative estimate of drug-likeness (QED) is 0.494. The van der Waals surface area contributed by atoms with Crippen LogP contribution in [0, 0.1) is 0 Å². The van der Waals surface area contributed by atoms with Gasteiger partial charge in [-0.3, -0.25) is 9.59 Å². The van der Waals surface area contributed by atoms with Crippen molar-refractivity contribution in [2.24, 2.45) is 0 Å². The third-order valence-corrected chi connectivity index (χ3v) is 3.24. The Hall–Kier alpha value is -0.860. The minimum atomic E-state index is -0.227. The van der Waals surface area contributed by atoms with Gasteiger partial charge in [-0.1, -0.05) is 65.2 Å². The average Bonchev–Trinajstić information content (AvgIpc) is 2.38. The summed E-state index contributed by atoms with van der Waals surface area (Å²) >= 11 is 0. The van der Waals surface area contributed by atoms with Crippen molar-refractivity contribution in [3.05, 3.63) is 0 Å². The van der Waals surface area contributed by atoms with E-state index in [1.807, 2.05) is 0 Å². The summed E-state index contributed by atoms with van der Waals surface area (Å²) in [6, 6.07) is 0. The van der Waals surface area contributed by atoms with Gasteiger partial charge in [0.05, 0.1) is 0 Å². The van der Waals surface area contributed by atoms with Crippen molar-refractivity contribution >= 4 is 11.8 Å². The van der Waals surface area contributed by atoms with Crippen LogP contribution in [-0.2, 0) is 9.59 Å². The summed E-state index contributed by atoms with van der Waals surface area (Å²) < 4.78 is 0. The molecule has 1 radical (unpaired) electrons. The topological polar surface area (TPSA) is 48.2 Å². The van der Waals surface area contributed by atoms with Crippen LogP contribution in [-0.4, -0.2) is 11.8 Å². The molecule has 3 nitrogen and oxygen atoms in total. The largest absolute Gasteiger partial charge is 0.273 e. The molecule has 111 valence electrons. The third-order valence-electron chi connectivity index (χ3n) is 3.24. The first-order valence-electron chi connectivity index (χ1n) is 7.98. The molecule has 0 atom stereocenters. The number of unbranched alkanes of at least 4 members (excludes halogenated alkanes) is 8. The van der Waals surface area contributed by atoms with E-state index in [-0.39, 0.29) is 11.8 Å². The van der Waals surface area contributed by atoms with Gasteiger partial charge in [0.2, 0.25) is 11.8 Å². The highest BCUT2D eigenvalue weighted by Crippen LogP contribution is 2.06. The van der Waals surface area contributed by atoms with Gasteiger partial charge in [0.1, 0.15) is 0 Å². The SMILES string of the molecule is CCCCCCCC(=O)[N]C(=O)CCCCCCC. The molecule has 0 saturated heterocycles. The summed E-state index contributed by atoms with van der Waals surface area (Å²) in [5, 5.41) is 3.63.